The first kappa shape index (κ1) is 26.2. The normalized spacial score (nSPS) is 10.3. The summed E-state index contributed by atoms with van der Waals surface area (Å²) in [7, 11) is 4.66. The third-order valence-electron chi connectivity index (χ3n) is 5.28. The molecule has 0 amide bonds. The van der Waals surface area contributed by atoms with Crippen LogP contribution in [0.15, 0.2) is 48.5 Å². The molecule has 0 aliphatic heterocycles. The Morgan fingerprint density at radius 3 is 1.83 bits per heavy atom. The van der Waals surface area contributed by atoms with Crippen molar-refractivity contribution < 1.29 is 43.1 Å². The van der Waals surface area contributed by atoms with Crippen LogP contribution in [0, 0.1) is 0 Å². The SMILES string of the molecule is CCc1cc(COc2cc(OC=O)cc(C(=O)O)c2)cc(OCc2cc(OC)c(OC)c(OC)c2)c1. The van der Waals surface area contributed by atoms with Crippen molar-refractivity contribution in [2.45, 2.75) is 26.6 Å². The molecule has 0 spiro atoms. The Labute approximate surface area is 209 Å². The van der Waals surface area contributed by atoms with Gasteiger partial charge in [0.15, 0.2) is 11.5 Å². The summed E-state index contributed by atoms with van der Waals surface area (Å²) in [5.41, 5.74) is 2.64. The van der Waals surface area contributed by atoms with Crippen LogP contribution in [0.2, 0.25) is 0 Å². The summed E-state index contributed by atoms with van der Waals surface area (Å²) in [6, 6.07) is 13.5. The number of benzene rings is 3. The van der Waals surface area contributed by atoms with E-state index in [0.717, 1.165) is 23.1 Å². The average molecular weight is 497 g/mol. The zero-order valence-electron chi connectivity index (χ0n) is 20.5. The molecular weight excluding hydrogens is 468 g/mol. The van der Waals surface area contributed by atoms with Gasteiger partial charge in [0, 0.05) is 6.07 Å². The Hall–Kier alpha value is -4.40. The van der Waals surface area contributed by atoms with Crippen LogP contribution >= 0.6 is 0 Å². The van der Waals surface area contributed by atoms with E-state index in [1.54, 1.807) is 21.3 Å². The highest BCUT2D eigenvalue weighted by Gasteiger charge is 2.14. The van der Waals surface area contributed by atoms with Gasteiger partial charge in [0.1, 0.15) is 30.5 Å². The maximum atomic E-state index is 11.4. The molecule has 0 aliphatic rings. The number of carbonyl (C=O) groups excluding carboxylic acids is 1. The number of ether oxygens (including phenoxy) is 6. The van der Waals surface area contributed by atoms with E-state index < -0.39 is 5.97 Å². The molecule has 0 heterocycles. The first-order chi connectivity index (χ1) is 17.4. The maximum Gasteiger partial charge on any atom is 0.335 e. The van der Waals surface area contributed by atoms with E-state index in [0.29, 0.717) is 23.0 Å². The summed E-state index contributed by atoms with van der Waals surface area (Å²) in [6.45, 7) is 2.67. The van der Waals surface area contributed by atoms with Crippen LogP contribution < -0.4 is 28.4 Å². The number of aromatic carboxylic acids is 1. The lowest BCUT2D eigenvalue weighted by atomic mass is 10.1. The second-order valence-electron chi connectivity index (χ2n) is 7.66. The van der Waals surface area contributed by atoms with Crippen molar-refractivity contribution >= 4 is 12.4 Å². The molecule has 3 rings (SSSR count). The van der Waals surface area contributed by atoms with Gasteiger partial charge in [-0.1, -0.05) is 13.0 Å². The quantitative estimate of drug-likeness (QED) is 0.338. The molecule has 0 bridgehead atoms. The summed E-state index contributed by atoms with van der Waals surface area (Å²) in [5.74, 6) is 1.40. The molecule has 0 aromatic heterocycles. The molecule has 0 atom stereocenters. The van der Waals surface area contributed by atoms with E-state index in [1.807, 2.05) is 37.3 Å². The summed E-state index contributed by atoms with van der Waals surface area (Å²) < 4.78 is 32.8. The van der Waals surface area contributed by atoms with Gasteiger partial charge < -0.3 is 33.5 Å². The van der Waals surface area contributed by atoms with Crippen LogP contribution in [0.1, 0.15) is 34.0 Å². The molecule has 0 saturated heterocycles. The fourth-order valence-corrected chi connectivity index (χ4v) is 3.55. The summed E-state index contributed by atoms with van der Waals surface area (Å²) in [5, 5.41) is 9.30. The lowest BCUT2D eigenvalue weighted by Crippen LogP contribution is -2.03. The van der Waals surface area contributed by atoms with Crippen LogP contribution in [0.4, 0.5) is 0 Å². The molecule has 0 saturated carbocycles. The van der Waals surface area contributed by atoms with E-state index in [4.69, 9.17) is 28.4 Å². The first-order valence-corrected chi connectivity index (χ1v) is 11.1. The van der Waals surface area contributed by atoms with Crippen LogP contribution in [-0.2, 0) is 24.4 Å². The number of methoxy groups -OCH3 is 3. The molecule has 0 radical (unpaired) electrons. The number of carbonyl (C=O) groups is 2. The van der Waals surface area contributed by atoms with Crippen molar-refractivity contribution in [2.75, 3.05) is 21.3 Å². The van der Waals surface area contributed by atoms with Gasteiger partial charge in [-0.25, -0.2) is 4.79 Å². The van der Waals surface area contributed by atoms with Gasteiger partial charge in [-0.3, -0.25) is 4.79 Å². The van der Waals surface area contributed by atoms with Crippen molar-refractivity contribution in [2.24, 2.45) is 0 Å². The average Bonchev–Trinajstić information content (AvgIpc) is 2.89. The van der Waals surface area contributed by atoms with Crippen molar-refractivity contribution in [3.8, 4) is 34.5 Å². The Kier molecular flexibility index (Phi) is 8.99. The monoisotopic (exact) mass is 496 g/mol. The molecular formula is C27H28O9. The van der Waals surface area contributed by atoms with Crippen molar-refractivity contribution in [3.05, 3.63) is 70.8 Å². The van der Waals surface area contributed by atoms with Crippen LogP contribution in [0.3, 0.4) is 0 Å². The van der Waals surface area contributed by atoms with Crippen LogP contribution in [0.25, 0.3) is 0 Å². The highest BCUT2D eigenvalue weighted by molar-refractivity contribution is 5.88. The van der Waals surface area contributed by atoms with Crippen molar-refractivity contribution in [3.63, 3.8) is 0 Å². The Morgan fingerprint density at radius 1 is 0.750 bits per heavy atom. The zero-order chi connectivity index (χ0) is 26.1. The first-order valence-electron chi connectivity index (χ1n) is 11.1. The van der Waals surface area contributed by atoms with E-state index in [2.05, 4.69) is 0 Å². The fourth-order valence-electron chi connectivity index (χ4n) is 3.55. The van der Waals surface area contributed by atoms with E-state index in [-0.39, 0.29) is 36.7 Å². The minimum Gasteiger partial charge on any atom is -0.493 e. The molecule has 9 nitrogen and oxygen atoms in total. The van der Waals surface area contributed by atoms with E-state index in [9.17, 15) is 14.7 Å². The second kappa shape index (κ2) is 12.3. The maximum absolute atomic E-state index is 11.4. The number of carboxylic acid groups (broad SMARTS) is 1. The third kappa shape index (κ3) is 6.59. The van der Waals surface area contributed by atoms with Gasteiger partial charge in [-0.05, 0) is 59.5 Å². The van der Waals surface area contributed by atoms with E-state index in [1.165, 1.54) is 18.2 Å². The number of hydrogen-bond donors (Lipinski definition) is 1. The fraction of sp³-hybridized carbons (Fsp3) is 0.259. The van der Waals surface area contributed by atoms with Gasteiger partial charge in [0.2, 0.25) is 5.75 Å². The molecule has 9 heteroatoms. The highest BCUT2D eigenvalue weighted by atomic mass is 16.5. The van der Waals surface area contributed by atoms with Crippen LogP contribution in [0.5, 0.6) is 34.5 Å². The molecule has 190 valence electrons. The second-order valence-corrected chi connectivity index (χ2v) is 7.66. The molecule has 0 unspecified atom stereocenters. The predicted molar refractivity (Wildman–Crippen MR) is 131 cm³/mol. The highest BCUT2D eigenvalue weighted by Crippen LogP contribution is 2.38. The topological polar surface area (TPSA) is 110 Å². The van der Waals surface area contributed by atoms with Gasteiger partial charge in [0.25, 0.3) is 6.47 Å². The Morgan fingerprint density at radius 2 is 1.31 bits per heavy atom. The lowest BCUT2D eigenvalue weighted by molar-refractivity contribution is -0.120. The van der Waals surface area contributed by atoms with Crippen molar-refractivity contribution in [1.82, 2.24) is 0 Å². The predicted octanol–water partition coefficient (Wildman–Crippen LogP) is 4.67. The van der Waals surface area contributed by atoms with Gasteiger partial charge in [0.05, 0.1) is 26.9 Å². The van der Waals surface area contributed by atoms with E-state index >= 15 is 0 Å². The minimum absolute atomic E-state index is 0.0546. The summed E-state index contributed by atoms with van der Waals surface area (Å²) >= 11 is 0. The number of carboxylic acids is 1. The molecule has 1 N–H and O–H groups in total. The Bertz CT molecular complexity index is 1190. The Balaban J connectivity index is 1.78. The summed E-state index contributed by atoms with van der Waals surface area (Å²) in [6.07, 6.45) is 0.778. The third-order valence-corrected chi connectivity index (χ3v) is 5.28. The number of rotatable bonds is 13. The number of hydrogen-bond acceptors (Lipinski definition) is 8. The molecule has 0 fully saturated rings. The molecule has 3 aromatic carbocycles. The standard InChI is InChI=1S/C27H28O9/c1-5-17-6-18(14-35-22-11-20(27(29)30)12-23(13-22)36-16-28)8-21(7-17)34-15-19-9-24(31-2)26(33-4)25(10-19)32-3/h6-13,16H,5,14-15H2,1-4H3,(H,29,30). The number of aryl methyl sites for hydroxylation is 1. The summed E-state index contributed by atoms with van der Waals surface area (Å²) in [4.78, 5) is 22.1. The van der Waals surface area contributed by atoms with Crippen LogP contribution in [-0.4, -0.2) is 38.9 Å². The minimum atomic E-state index is -1.16. The van der Waals surface area contributed by atoms with Gasteiger partial charge in [-0.15, -0.1) is 0 Å². The largest absolute Gasteiger partial charge is 0.493 e. The smallest absolute Gasteiger partial charge is 0.335 e. The molecule has 36 heavy (non-hydrogen) atoms. The lowest BCUT2D eigenvalue weighted by Gasteiger charge is -2.15. The van der Waals surface area contributed by atoms with Crippen molar-refractivity contribution in [1.29, 1.82) is 0 Å². The van der Waals surface area contributed by atoms with Gasteiger partial charge in [-0.2, -0.15) is 0 Å². The molecule has 3 aromatic rings. The zero-order valence-corrected chi connectivity index (χ0v) is 20.5. The van der Waals surface area contributed by atoms with Gasteiger partial charge >= 0.3 is 5.97 Å². The molecule has 0 aliphatic carbocycles.